The van der Waals surface area contributed by atoms with Gasteiger partial charge in [0.1, 0.15) is 11.5 Å². The molecular formula is C14H17N5OS. The van der Waals surface area contributed by atoms with Crippen molar-refractivity contribution in [2.24, 2.45) is 5.73 Å². The molecule has 0 radical (unpaired) electrons. The van der Waals surface area contributed by atoms with Gasteiger partial charge in [0.25, 0.3) is 0 Å². The molecule has 1 atom stereocenters. The fourth-order valence-corrected chi connectivity index (χ4v) is 2.65. The smallest absolute Gasteiger partial charge is 0.236 e. The quantitative estimate of drug-likeness (QED) is 0.783. The Hall–Kier alpha value is -1.99. The van der Waals surface area contributed by atoms with Gasteiger partial charge < -0.3 is 10.2 Å². The van der Waals surface area contributed by atoms with Crippen LogP contribution in [0.5, 0.6) is 0 Å². The highest BCUT2D eigenvalue weighted by molar-refractivity contribution is 7.13. The molecule has 3 rings (SSSR count). The summed E-state index contributed by atoms with van der Waals surface area (Å²) in [5, 5.41) is 10.2. The molecule has 3 aromatic rings. The van der Waals surface area contributed by atoms with Gasteiger partial charge in [-0.05, 0) is 24.8 Å². The number of aryl methyl sites for hydroxylation is 1. The van der Waals surface area contributed by atoms with E-state index in [-0.39, 0.29) is 6.04 Å². The predicted octanol–water partition coefficient (Wildman–Crippen LogP) is 2.76. The van der Waals surface area contributed by atoms with Crippen molar-refractivity contribution in [3.63, 3.8) is 0 Å². The largest absolute Gasteiger partial charge is 0.440 e. The van der Waals surface area contributed by atoms with Crippen LogP contribution in [0.1, 0.15) is 36.5 Å². The van der Waals surface area contributed by atoms with Gasteiger partial charge in [-0.25, -0.2) is 9.67 Å². The number of hydrogen-bond acceptors (Lipinski definition) is 6. The molecule has 0 aliphatic rings. The van der Waals surface area contributed by atoms with Crippen LogP contribution in [0.15, 0.2) is 28.1 Å². The summed E-state index contributed by atoms with van der Waals surface area (Å²) in [4.78, 5) is 5.57. The molecule has 0 aromatic carbocycles. The van der Waals surface area contributed by atoms with Crippen molar-refractivity contribution >= 4 is 11.3 Å². The molecule has 0 saturated carbocycles. The summed E-state index contributed by atoms with van der Waals surface area (Å²) in [5.74, 6) is 1.46. The first-order valence-electron chi connectivity index (χ1n) is 6.83. The third-order valence-electron chi connectivity index (χ3n) is 3.31. The van der Waals surface area contributed by atoms with Crippen LogP contribution in [0.3, 0.4) is 0 Å². The summed E-state index contributed by atoms with van der Waals surface area (Å²) in [6, 6.07) is 3.90. The van der Waals surface area contributed by atoms with Gasteiger partial charge in [-0.2, -0.15) is 0 Å². The Kier molecular flexibility index (Phi) is 3.85. The summed E-state index contributed by atoms with van der Waals surface area (Å²) in [7, 11) is 0. The summed E-state index contributed by atoms with van der Waals surface area (Å²) in [5.41, 5.74) is 7.61. The molecule has 0 aliphatic heterocycles. The maximum Gasteiger partial charge on any atom is 0.236 e. The minimum absolute atomic E-state index is 0.0705. The van der Waals surface area contributed by atoms with E-state index in [1.54, 1.807) is 16.0 Å². The normalized spacial score (nSPS) is 12.7. The van der Waals surface area contributed by atoms with E-state index in [1.165, 1.54) is 0 Å². The molecular weight excluding hydrogens is 286 g/mol. The molecule has 3 heterocycles. The maximum absolute atomic E-state index is 5.95. The lowest BCUT2D eigenvalue weighted by Gasteiger charge is -2.01. The zero-order valence-corrected chi connectivity index (χ0v) is 12.8. The van der Waals surface area contributed by atoms with Gasteiger partial charge in [-0.15, -0.1) is 16.4 Å². The molecule has 0 spiro atoms. The maximum atomic E-state index is 5.95. The number of hydrogen-bond donors (Lipinski definition) is 1. The SMILES string of the molecule is CCC(N)c1cn(Cc2nc(-c3cccs3)oc2C)nn1. The molecule has 0 aliphatic carbocycles. The Labute approximate surface area is 126 Å². The predicted molar refractivity (Wildman–Crippen MR) is 80.9 cm³/mol. The molecule has 0 amide bonds. The molecule has 0 fully saturated rings. The standard InChI is InChI=1S/C14H17N5OS/c1-3-10(15)12-8-19(18-17-12)7-11-9(2)20-14(16-11)13-5-4-6-21-13/h4-6,8,10H,3,7,15H2,1-2H3. The number of rotatable bonds is 5. The van der Waals surface area contributed by atoms with Crippen LogP contribution in [0, 0.1) is 6.92 Å². The molecule has 6 nitrogen and oxygen atoms in total. The Morgan fingerprint density at radius 2 is 2.33 bits per heavy atom. The Bertz CT molecular complexity index is 716. The number of aromatic nitrogens is 4. The summed E-state index contributed by atoms with van der Waals surface area (Å²) in [6.45, 7) is 4.47. The van der Waals surface area contributed by atoms with Crippen molar-refractivity contribution in [1.82, 2.24) is 20.0 Å². The van der Waals surface area contributed by atoms with Crippen LogP contribution in [-0.2, 0) is 6.54 Å². The van der Waals surface area contributed by atoms with Gasteiger partial charge >= 0.3 is 0 Å². The number of thiophene rings is 1. The van der Waals surface area contributed by atoms with Crippen molar-refractivity contribution in [1.29, 1.82) is 0 Å². The molecule has 110 valence electrons. The molecule has 0 bridgehead atoms. The van der Waals surface area contributed by atoms with Crippen molar-refractivity contribution in [2.75, 3.05) is 0 Å². The van der Waals surface area contributed by atoms with E-state index < -0.39 is 0 Å². The third kappa shape index (κ3) is 2.88. The molecule has 1 unspecified atom stereocenters. The lowest BCUT2D eigenvalue weighted by atomic mass is 10.2. The summed E-state index contributed by atoms with van der Waals surface area (Å²) >= 11 is 1.61. The lowest BCUT2D eigenvalue weighted by Crippen LogP contribution is -2.08. The summed E-state index contributed by atoms with van der Waals surface area (Å²) in [6.07, 6.45) is 2.71. The Balaban J connectivity index is 1.80. The van der Waals surface area contributed by atoms with Gasteiger partial charge in [0.05, 0.1) is 29.4 Å². The highest BCUT2D eigenvalue weighted by Gasteiger charge is 2.14. The first-order valence-corrected chi connectivity index (χ1v) is 7.71. The first kappa shape index (κ1) is 14.0. The number of nitrogens with two attached hydrogens (primary N) is 1. The molecule has 21 heavy (non-hydrogen) atoms. The fourth-order valence-electron chi connectivity index (χ4n) is 2.00. The van der Waals surface area contributed by atoms with Gasteiger partial charge in [0.2, 0.25) is 5.89 Å². The van der Waals surface area contributed by atoms with Gasteiger partial charge in [0, 0.05) is 0 Å². The second-order valence-corrected chi connectivity index (χ2v) is 5.80. The van der Waals surface area contributed by atoms with E-state index in [4.69, 9.17) is 10.2 Å². The minimum atomic E-state index is -0.0705. The zero-order chi connectivity index (χ0) is 14.8. The Morgan fingerprint density at radius 1 is 1.48 bits per heavy atom. The van der Waals surface area contributed by atoms with Crippen LogP contribution in [0.25, 0.3) is 10.8 Å². The zero-order valence-electron chi connectivity index (χ0n) is 12.0. The first-order chi connectivity index (χ1) is 10.2. The molecule has 0 saturated heterocycles. The second-order valence-electron chi connectivity index (χ2n) is 4.85. The van der Waals surface area contributed by atoms with E-state index in [1.807, 2.05) is 37.6 Å². The van der Waals surface area contributed by atoms with E-state index in [9.17, 15) is 0 Å². The van der Waals surface area contributed by atoms with Crippen molar-refractivity contribution in [2.45, 2.75) is 32.9 Å². The van der Waals surface area contributed by atoms with E-state index >= 15 is 0 Å². The van der Waals surface area contributed by atoms with E-state index in [0.717, 1.165) is 28.4 Å². The molecule has 7 heteroatoms. The number of nitrogens with zero attached hydrogens (tertiary/aromatic N) is 4. The van der Waals surface area contributed by atoms with Gasteiger partial charge in [-0.1, -0.05) is 18.2 Å². The Morgan fingerprint density at radius 3 is 3.05 bits per heavy atom. The van der Waals surface area contributed by atoms with E-state index in [0.29, 0.717) is 12.4 Å². The van der Waals surface area contributed by atoms with Crippen molar-refractivity contribution in [3.05, 3.63) is 40.9 Å². The minimum Gasteiger partial charge on any atom is -0.440 e. The second kappa shape index (κ2) is 5.79. The monoisotopic (exact) mass is 303 g/mol. The topological polar surface area (TPSA) is 82.8 Å². The molecule has 3 aromatic heterocycles. The van der Waals surface area contributed by atoms with Gasteiger partial charge in [0.15, 0.2) is 0 Å². The van der Waals surface area contributed by atoms with Crippen molar-refractivity contribution in [3.8, 4) is 10.8 Å². The van der Waals surface area contributed by atoms with Crippen LogP contribution in [0.4, 0.5) is 0 Å². The number of oxazole rings is 1. The van der Waals surface area contributed by atoms with Crippen molar-refractivity contribution < 1.29 is 4.42 Å². The molecule has 2 N–H and O–H groups in total. The summed E-state index contributed by atoms with van der Waals surface area (Å²) < 4.78 is 7.46. The van der Waals surface area contributed by atoms with E-state index in [2.05, 4.69) is 15.3 Å². The third-order valence-corrected chi connectivity index (χ3v) is 4.17. The fraction of sp³-hybridized carbons (Fsp3) is 0.357. The van der Waals surface area contributed by atoms with Crippen LogP contribution in [-0.4, -0.2) is 20.0 Å². The average Bonchev–Trinajstić information content (AvgIpc) is 3.20. The van der Waals surface area contributed by atoms with Crippen LogP contribution in [0.2, 0.25) is 0 Å². The van der Waals surface area contributed by atoms with Crippen LogP contribution >= 0.6 is 11.3 Å². The highest BCUT2D eigenvalue weighted by Crippen LogP contribution is 2.26. The average molecular weight is 303 g/mol. The van der Waals surface area contributed by atoms with Gasteiger partial charge in [-0.3, -0.25) is 0 Å². The highest BCUT2D eigenvalue weighted by atomic mass is 32.1. The van der Waals surface area contributed by atoms with Crippen LogP contribution < -0.4 is 5.73 Å². The lowest BCUT2D eigenvalue weighted by molar-refractivity contribution is 0.536.